The highest BCUT2D eigenvalue weighted by Gasteiger charge is 2.59. The molecule has 0 spiro atoms. The molecule has 2 heterocycles. The van der Waals surface area contributed by atoms with Crippen molar-refractivity contribution < 1.29 is 14.4 Å². The van der Waals surface area contributed by atoms with E-state index in [-0.39, 0.29) is 0 Å². The van der Waals surface area contributed by atoms with E-state index in [4.69, 9.17) is 0 Å². The van der Waals surface area contributed by atoms with Crippen LogP contribution in [0, 0.1) is 0 Å². The fraction of sp³-hybridized carbons (Fsp3) is 0.250. The van der Waals surface area contributed by atoms with Crippen LogP contribution in [0.15, 0.2) is 30.3 Å². The van der Waals surface area contributed by atoms with Crippen molar-refractivity contribution in [2.24, 2.45) is 0 Å². The standard InChI is InChI=1S/C12H10N2O3/c15-9-12(8-4-2-1-3-5-8)6-7-14(10(12)16)11(17)13-9/h1-5H,6-7H2,(H,13,15,17)/t12-/m0/s1. The number of rotatable bonds is 1. The molecule has 1 aromatic carbocycles. The first-order valence-electron chi connectivity index (χ1n) is 5.39. The number of hydrogen-bond acceptors (Lipinski definition) is 3. The summed E-state index contributed by atoms with van der Waals surface area (Å²) in [5.74, 6) is -0.912. The van der Waals surface area contributed by atoms with Crippen LogP contribution in [0.1, 0.15) is 12.0 Å². The van der Waals surface area contributed by atoms with Gasteiger partial charge >= 0.3 is 6.03 Å². The van der Waals surface area contributed by atoms with Crippen molar-refractivity contribution in [3.05, 3.63) is 35.9 Å². The Morgan fingerprint density at radius 3 is 2.53 bits per heavy atom. The molecular formula is C12H10N2O3. The van der Waals surface area contributed by atoms with E-state index >= 15 is 0 Å². The maximum atomic E-state index is 12.2. The fourth-order valence-electron chi connectivity index (χ4n) is 2.52. The third kappa shape index (κ3) is 1.11. The monoisotopic (exact) mass is 230 g/mol. The molecule has 2 aliphatic heterocycles. The smallest absolute Gasteiger partial charge is 0.276 e. The van der Waals surface area contributed by atoms with Gasteiger partial charge in [0.25, 0.3) is 5.91 Å². The molecule has 0 aromatic heterocycles. The van der Waals surface area contributed by atoms with Gasteiger partial charge in [0.1, 0.15) is 0 Å². The van der Waals surface area contributed by atoms with E-state index in [0.717, 1.165) is 4.90 Å². The quantitative estimate of drug-likeness (QED) is 0.710. The third-order valence-corrected chi connectivity index (χ3v) is 3.44. The molecule has 5 heteroatoms. The molecule has 0 aliphatic carbocycles. The second-order valence-electron chi connectivity index (χ2n) is 4.24. The Hall–Kier alpha value is -2.17. The molecule has 1 aromatic rings. The SMILES string of the molecule is O=C1NC(=O)[C@@]2(c3ccccc3)CCN1C2=O. The Morgan fingerprint density at radius 2 is 1.82 bits per heavy atom. The number of carbonyl (C=O) groups excluding carboxylic acids is 3. The van der Waals surface area contributed by atoms with Crippen molar-refractivity contribution in [1.82, 2.24) is 10.2 Å². The maximum Gasteiger partial charge on any atom is 0.330 e. The number of amides is 4. The highest BCUT2D eigenvalue weighted by Crippen LogP contribution is 2.38. The van der Waals surface area contributed by atoms with E-state index in [1.54, 1.807) is 24.3 Å². The summed E-state index contributed by atoms with van der Waals surface area (Å²) in [6, 6.07) is 8.27. The van der Waals surface area contributed by atoms with Crippen LogP contribution in [0.3, 0.4) is 0 Å². The molecule has 2 saturated heterocycles. The Labute approximate surface area is 97.4 Å². The van der Waals surface area contributed by atoms with Gasteiger partial charge in [-0.2, -0.15) is 0 Å². The van der Waals surface area contributed by atoms with Gasteiger partial charge in [-0.3, -0.25) is 19.8 Å². The summed E-state index contributed by atoms with van der Waals surface area (Å²) in [5, 5.41) is 2.24. The highest BCUT2D eigenvalue weighted by atomic mass is 16.2. The Morgan fingerprint density at radius 1 is 1.12 bits per heavy atom. The molecule has 2 bridgehead atoms. The highest BCUT2D eigenvalue weighted by molar-refractivity contribution is 6.24. The normalized spacial score (nSPS) is 27.3. The first-order valence-corrected chi connectivity index (χ1v) is 5.39. The number of nitrogens with one attached hydrogen (secondary N) is 1. The molecular weight excluding hydrogens is 220 g/mol. The molecule has 0 unspecified atom stereocenters. The van der Waals surface area contributed by atoms with Crippen molar-refractivity contribution in [2.75, 3.05) is 6.54 Å². The maximum absolute atomic E-state index is 12.2. The lowest BCUT2D eigenvalue weighted by atomic mass is 9.77. The Bertz CT molecular complexity index is 526. The van der Waals surface area contributed by atoms with Crippen molar-refractivity contribution in [3.8, 4) is 0 Å². The molecule has 17 heavy (non-hydrogen) atoms. The second kappa shape index (κ2) is 3.16. The van der Waals surface area contributed by atoms with Crippen molar-refractivity contribution >= 4 is 17.8 Å². The van der Waals surface area contributed by atoms with Gasteiger partial charge in [-0.15, -0.1) is 0 Å². The number of fused-ring (bicyclic) bond motifs is 2. The lowest BCUT2D eigenvalue weighted by Crippen LogP contribution is -2.60. The van der Waals surface area contributed by atoms with Crippen LogP contribution >= 0.6 is 0 Å². The summed E-state index contributed by atoms with van der Waals surface area (Å²) >= 11 is 0. The number of urea groups is 1. The molecule has 0 radical (unpaired) electrons. The number of hydrogen-bond donors (Lipinski definition) is 1. The summed E-state index contributed by atoms with van der Waals surface area (Å²) in [7, 11) is 0. The summed E-state index contributed by atoms with van der Waals surface area (Å²) in [6.07, 6.45) is 0.355. The van der Waals surface area contributed by atoms with Crippen molar-refractivity contribution in [3.63, 3.8) is 0 Å². The minimum atomic E-state index is -1.20. The van der Waals surface area contributed by atoms with Gasteiger partial charge in [-0.05, 0) is 12.0 Å². The van der Waals surface area contributed by atoms with E-state index in [0.29, 0.717) is 18.5 Å². The lowest BCUT2D eigenvalue weighted by molar-refractivity contribution is -0.140. The Kier molecular flexibility index (Phi) is 1.86. The van der Waals surface area contributed by atoms with Gasteiger partial charge in [-0.1, -0.05) is 30.3 Å². The average Bonchev–Trinajstić information content (AvgIpc) is 2.61. The second-order valence-corrected chi connectivity index (χ2v) is 4.24. The summed E-state index contributed by atoms with van der Waals surface area (Å²) in [4.78, 5) is 36.7. The number of carbonyl (C=O) groups is 3. The molecule has 4 amide bonds. The van der Waals surface area contributed by atoms with E-state index in [2.05, 4.69) is 5.32 Å². The largest absolute Gasteiger partial charge is 0.330 e. The van der Waals surface area contributed by atoms with E-state index < -0.39 is 23.3 Å². The molecule has 0 saturated carbocycles. The van der Waals surface area contributed by atoms with E-state index in [1.165, 1.54) is 0 Å². The predicted octanol–water partition coefficient (Wildman–Crippen LogP) is 0.407. The van der Waals surface area contributed by atoms with Gasteiger partial charge in [0.05, 0.1) is 0 Å². The summed E-state index contributed by atoms with van der Waals surface area (Å²) < 4.78 is 0. The van der Waals surface area contributed by atoms with Gasteiger partial charge in [0.2, 0.25) is 5.91 Å². The van der Waals surface area contributed by atoms with Crippen LogP contribution in [0.4, 0.5) is 4.79 Å². The topological polar surface area (TPSA) is 66.5 Å². The van der Waals surface area contributed by atoms with Gasteiger partial charge in [-0.25, -0.2) is 4.79 Å². The fourth-order valence-corrected chi connectivity index (χ4v) is 2.52. The van der Waals surface area contributed by atoms with Crippen LogP contribution in [0.2, 0.25) is 0 Å². The average molecular weight is 230 g/mol. The van der Waals surface area contributed by atoms with Crippen LogP contribution in [-0.2, 0) is 15.0 Å². The molecule has 1 atom stereocenters. The van der Waals surface area contributed by atoms with Gasteiger partial charge in [0.15, 0.2) is 5.41 Å². The number of benzene rings is 1. The molecule has 86 valence electrons. The first-order chi connectivity index (χ1) is 8.16. The zero-order valence-corrected chi connectivity index (χ0v) is 8.97. The predicted molar refractivity (Wildman–Crippen MR) is 58.0 cm³/mol. The molecule has 2 fully saturated rings. The zero-order chi connectivity index (χ0) is 12.0. The lowest BCUT2D eigenvalue weighted by Gasteiger charge is -2.30. The summed E-state index contributed by atoms with van der Waals surface area (Å²) in [5.41, 5.74) is -0.549. The van der Waals surface area contributed by atoms with Crippen LogP contribution in [-0.4, -0.2) is 29.3 Å². The molecule has 1 N–H and O–H groups in total. The van der Waals surface area contributed by atoms with E-state index in [1.807, 2.05) is 6.07 Å². The first kappa shape index (κ1) is 10.0. The van der Waals surface area contributed by atoms with Crippen LogP contribution < -0.4 is 5.32 Å². The Balaban J connectivity index is 2.17. The zero-order valence-electron chi connectivity index (χ0n) is 8.97. The van der Waals surface area contributed by atoms with Crippen molar-refractivity contribution in [2.45, 2.75) is 11.8 Å². The third-order valence-electron chi connectivity index (χ3n) is 3.44. The molecule has 5 nitrogen and oxygen atoms in total. The molecule has 3 rings (SSSR count). The molecule has 2 aliphatic rings. The summed E-state index contributed by atoms with van der Waals surface area (Å²) in [6.45, 7) is 0.297. The minimum absolute atomic E-state index is 0.297. The van der Waals surface area contributed by atoms with Gasteiger partial charge < -0.3 is 0 Å². The number of imide groups is 2. The number of nitrogens with zero attached hydrogens (tertiary/aromatic N) is 1. The van der Waals surface area contributed by atoms with Crippen LogP contribution in [0.25, 0.3) is 0 Å². The van der Waals surface area contributed by atoms with Crippen LogP contribution in [0.5, 0.6) is 0 Å². The number of barbiturate groups is 1. The van der Waals surface area contributed by atoms with Gasteiger partial charge in [0, 0.05) is 6.54 Å². The van der Waals surface area contributed by atoms with E-state index in [9.17, 15) is 14.4 Å². The van der Waals surface area contributed by atoms with Crippen molar-refractivity contribution in [1.29, 1.82) is 0 Å². The minimum Gasteiger partial charge on any atom is -0.276 e.